The van der Waals surface area contributed by atoms with Crippen LogP contribution in [0.2, 0.25) is 0 Å². The molecule has 0 spiro atoms. The molecule has 0 N–H and O–H groups in total. The van der Waals surface area contributed by atoms with Gasteiger partial charge < -0.3 is 4.42 Å². The van der Waals surface area contributed by atoms with Crippen LogP contribution in [0.3, 0.4) is 0 Å². The van der Waals surface area contributed by atoms with E-state index in [1.807, 2.05) is 42.5 Å². The second-order valence-electron chi connectivity index (χ2n) is 8.11. The molecule has 0 bridgehead atoms. The first-order valence-electron chi connectivity index (χ1n) is 9.77. The maximum atomic E-state index is 5.91. The van der Waals surface area contributed by atoms with Gasteiger partial charge in [0.15, 0.2) is 0 Å². The third-order valence-electron chi connectivity index (χ3n) is 4.85. The van der Waals surface area contributed by atoms with Crippen molar-refractivity contribution in [3.8, 4) is 22.9 Å². The summed E-state index contributed by atoms with van der Waals surface area (Å²) in [4.78, 5) is 0. The van der Waals surface area contributed by atoms with Crippen molar-refractivity contribution in [3.63, 3.8) is 0 Å². The maximum Gasteiger partial charge on any atom is 0.248 e. The molecule has 3 heteroatoms. The van der Waals surface area contributed by atoms with Gasteiger partial charge in [0.05, 0.1) is 0 Å². The molecule has 0 aliphatic carbocycles. The van der Waals surface area contributed by atoms with Crippen LogP contribution in [-0.2, 0) is 5.41 Å². The SMILES string of the molecule is CC(C)(C)c1ccc(-c2nnc(-c3ccc(C=Cc4ccccc4)cc3)o2)cc1. The summed E-state index contributed by atoms with van der Waals surface area (Å²) >= 11 is 0. The van der Waals surface area contributed by atoms with Crippen LogP contribution in [0.1, 0.15) is 37.5 Å². The van der Waals surface area contributed by atoms with E-state index in [0.717, 1.165) is 16.7 Å². The Morgan fingerprint density at radius 1 is 0.621 bits per heavy atom. The van der Waals surface area contributed by atoms with Crippen LogP contribution in [0.4, 0.5) is 0 Å². The zero-order chi connectivity index (χ0) is 20.3. The summed E-state index contributed by atoms with van der Waals surface area (Å²) in [6.07, 6.45) is 4.19. The van der Waals surface area contributed by atoms with Gasteiger partial charge in [-0.25, -0.2) is 0 Å². The minimum Gasteiger partial charge on any atom is -0.416 e. The third-order valence-corrected chi connectivity index (χ3v) is 4.85. The zero-order valence-electron chi connectivity index (χ0n) is 17.0. The first-order valence-corrected chi connectivity index (χ1v) is 9.77. The van der Waals surface area contributed by atoms with E-state index in [1.54, 1.807) is 0 Å². The highest BCUT2D eigenvalue weighted by Crippen LogP contribution is 2.27. The Morgan fingerprint density at radius 2 is 1.10 bits per heavy atom. The molecule has 4 rings (SSSR count). The molecule has 0 aliphatic rings. The van der Waals surface area contributed by atoms with E-state index >= 15 is 0 Å². The van der Waals surface area contributed by atoms with Gasteiger partial charge in [0, 0.05) is 11.1 Å². The van der Waals surface area contributed by atoms with Crippen LogP contribution >= 0.6 is 0 Å². The summed E-state index contributed by atoms with van der Waals surface area (Å²) in [5, 5.41) is 8.44. The molecule has 3 aromatic carbocycles. The largest absolute Gasteiger partial charge is 0.416 e. The standard InChI is InChI=1S/C26H24N2O/c1-26(2,3)23-17-15-22(16-18-23)25-28-27-24(29-25)21-13-11-20(12-14-21)10-9-19-7-5-4-6-8-19/h4-18H,1-3H3. The quantitative estimate of drug-likeness (QED) is 0.363. The molecular weight excluding hydrogens is 356 g/mol. The Kier molecular flexibility index (Phi) is 5.13. The summed E-state index contributed by atoms with van der Waals surface area (Å²) in [5.41, 5.74) is 5.53. The number of rotatable bonds is 4. The predicted octanol–water partition coefficient (Wildman–Crippen LogP) is 6.87. The molecule has 1 aromatic heterocycles. The summed E-state index contributed by atoms with van der Waals surface area (Å²) in [6.45, 7) is 6.60. The molecule has 144 valence electrons. The Bertz CT molecular complexity index is 1100. The van der Waals surface area contributed by atoms with E-state index in [9.17, 15) is 0 Å². The van der Waals surface area contributed by atoms with E-state index in [2.05, 4.69) is 79.5 Å². The molecule has 0 unspecified atom stereocenters. The average Bonchev–Trinajstić information content (AvgIpc) is 3.23. The molecule has 1 heterocycles. The monoisotopic (exact) mass is 380 g/mol. The summed E-state index contributed by atoms with van der Waals surface area (Å²) in [5.74, 6) is 1.06. The second-order valence-corrected chi connectivity index (χ2v) is 8.11. The highest BCUT2D eigenvalue weighted by molar-refractivity contribution is 5.71. The van der Waals surface area contributed by atoms with Gasteiger partial charge in [-0.05, 0) is 46.4 Å². The van der Waals surface area contributed by atoms with E-state index in [4.69, 9.17) is 4.42 Å². The summed E-state index contributed by atoms with van der Waals surface area (Å²) in [6, 6.07) is 26.7. The van der Waals surface area contributed by atoms with Crippen molar-refractivity contribution in [1.29, 1.82) is 0 Å². The Morgan fingerprint density at radius 3 is 1.62 bits per heavy atom. The van der Waals surface area contributed by atoms with Crippen molar-refractivity contribution >= 4 is 12.2 Å². The molecule has 0 amide bonds. The molecule has 0 atom stereocenters. The first kappa shape index (κ1) is 18.9. The fourth-order valence-electron chi connectivity index (χ4n) is 3.06. The number of benzene rings is 3. The number of hydrogen-bond acceptors (Lipinski definition) is 3. The van der Waals surface area contributed by atoms with Gasteiger partial charge in [-0.3, -0.25) is 0 Å². The van der Waals surface area contributed by atoms with Crippen LogP contribution < -0.4 is 0 Å². The molecule has 0 saturated heterocycles. The Labute approximate surface area is 171 Å². The zero-order valence-corrected chi connectivity index (χ0v) is 17.0. The van der Waals surface area contributed by atoms with Crippen molar-refractivity contribution in [2.75, 3.05) is 0 Å². The molecule has 0 saturated carbocycles. The maximum absolute atomic E-state index is 5.91. The lowest BCUT2D eigenvalue weighted by molar-refractivity contribution is 0.582. The predicted molar refractivity (Wildman–Crippen MR) is 119 cm³/mol. The van der Waals surface area contributed by atoms with Gasteiger partial charge in [0.2, 0.25) is 11.8 Å². The van der Waals surface area contributed by atoms with Crippen LogP contribution in [-0.4, -0.2) is 10.2 Å². The van der Waals surface area contributed by atoms with Gasteiger partial charge in [0.25, 0.3) is 0 Å². The summed E-state index contributed by atoms with van der Waals surface area (Å²) < 4.78 is 5.91. The number of hydrogen-bond donors (Lipinski definition) is 0. The van der Waals surface area contributed by atoms with E-state index in [0.29, 0.717) is 11.8 Å². The van der Waals surface area contributed by atoms with Crippen LogP contribution in [0.25, 0.3) is 35.1 Å². The van der Waals surface area contributed by atoms with Crippen LogP contribution in [0.5, 0.6) is 0 Å². The van der Waals surface area contributed by atoms with Crippen LogP contribution in [0, 0.1) is 0 Å². The molecule has 0 fully saturated rings. The Hall–Kier alpha value is -3.46. The van der Waals surface area contributed by atoms with Crippen molar-refractivity contribution in [2.45, 2.75) is 26.2 Å². The van der Waals surface area contributed by atoms with Crippen molar-refractivity contribution in [2.24, 2.45) is 0 Å². The topological polar surface area (TPSA) is 38.9 Å². The van der Waals surface area contributed by atoms with Crippen molar-refractivity contribution in [1.82, 2.24) is 10.2 Å². The number of nitrogens with zero attached hydrogens (tertiary/aromatic N) is 2. The van der Waals surface area contributed by atoms with Gasteiger partial charge >= 0.3 is 0 Å². The molecular formula is C26H24N2O. The minimum atomic E-state index is 0.120. The van der Waals surface area contributed by atoms with E-state index < -0.39 is 0 Å². The normalized spacial score (nSPS) is 11.8. The lowest BCUT2D eigenvalue weighted by atomic mass is 9.87. The highest BCUT2D eigenvalue weighted by Gasteiger charge is 2.15. The Balaban J connectivity index is 1.50. The highest BCUT2D eigenvalue weighted by atomic mass is 16.4. The second kappa shape index (κ2) is 7.88. The lowest BCUT2D eigenvalue weighted by Gasteiger charge is -2.18. The van der Waals surface area contributed by atoms with Crippen LogP contribution in [0.15, 0.2) is 83.3 Å². The van der Waals surface area contributed by atoms with Gasteiger partial charge in [-0.2, -0.15) is 0 Å². The van der Waals surface area contributed by atoms with E-state index in [1.165, 1.54) is 11.1 Å². The van der Waals surface area contributed by atoms with Crippen molar-refractivity contribution < 1.29 is 4.42 Å². The molecule has 3 nitrogen and oxygen atoms in total. The third kappa shape index (κ3) is 4.52. The smallest absolute Gasteiger partial charge is 0.248 e. The van der Waals surface area contributed by atoms with Crippen molar-refractivity contribution in [3.05, 3.63) is 95.6 Å². The summed E-state index contributed by atoms with van der Waals surface area (Å²) in [7, 11) is 0. The van der Waals surface area contributed by atoms with E-state index in [-0.39, 0.29) is 5.41 Å². The van der Waals surface area contributed by atoms with Gasteiger partial charge in [0.1, 0.15) is 0 Å². The fourth-order valence-corrected chi connectivity index (χ4v) is 3.06. The van der Waals surface area contributed by atoms with Gasteiger partial charge in [-0.1, -0.05) is 87.5 Å². The molecule has 0 radical (unpaired) electrons. The first-order chi connectivity index (χ1) is 14.0. The molecule has 29 heavy (non-hydrogen) atoms. The van der Waals surface area contributed by atoms with Gasteiger partial charge in [-0.15, -0.1) is 10.2 Å². The minimum absolute atomic E-state index is 0.120. The average molecular weight is 380 g/mol. The molecule has 4 aromatic rings. The lowest BCUT2D eigenvalue weighted by Crippen LogP contribution is -2.10. The fraction of sp³-hybridized carbons (Fsp3) is 0.154. The molecule has 0 aliphatic heterocycles. The number of aromatic nitrogens is 2.